The standard InChI is InChI=1S/C24H55N7O2/c1-11-28-17-15-18-29(12-2)31(14-4)21(5)23(32)30(13-3)24(6,33)27(10)22(20-25(7)8)16-19-26(28)9/h21-23,32-33H,11-20H2,1-10H3. The number of rotatable bonds is 6. The van der Waals surface area contributed by atoms with Crippen LogP contribution in [0.3, 0.4) is 0 Å². The summed E-state index contributed by atoms with van der Waals surface area (Å²) >= 11 is 0. The van der Waals surface area contributed by atoms with Gasteiger partial charge in [-0.1, -0.05) is 27.7 Å². The summed E-state index contributed by atoms with van der Waals surface area (Å²) in [5.41, 5.74) is 0. The van der Waals surface area contributed by atoms with Gasteiger partial charge < -0.3 is 15.1 Å². The lowest BCUT2D eigenvalue weighted by atomic mass is 10.1. The summed E-state index contributed by atoms with van der Waals surface area (Å²) in [6, 6.07) is -0.0237. The molecule has 1 rings (SSSR count). The van der Waals surface area contributed by atoms with Gasteiger partial charge in [-0.3, -0.25) is 4.90 Å². The van der Waals surface area contributed by atoms with Gasteiger partial charge in [0.2, 0.25) is 0 Å². The zero-order valence-corrected chi connectivity index (χ0v) is 23.3. The van der Waals surface area contributed by atoms with Gasteiger partial charge in [0.25, 0.3) is 0 Å². The largest absolute Gasteiger partial charge is 0.377 e. The number of nitrogens with zero attached hydrogens (tertiary/aromatic N) is 7. The average Bonchev–Trinajstić information content (AvgIpc) is 2.77. The fourth-order valence-corrected chi connectivity index (χ4v) is 5.23. The average molecular weight is 474 g/mol. The molecule has 1 saturated heterocycles. The Morgan fingerprint density at radius 2 is 1.48 bits per heavy atom. The fraction of sp³-hybridized carbons (Fsp3) is 1.00. The Morgan fingerprint density at radius 3 is 1.97 bits per heavy atom. The normalized spacial score (nSPS) is 32.8. The first-order chi connectivity index (χ1) is 15.5. The first-order valence-electron chi connectivity index (χ1n) is 13.0. The van der Waals surface area contributed by atoms with Crippen LogP contribution >= 0.6 is 0 Å². The predicted molar refractivity (Wildman–Crippen MR) is 137 cm³/mol. The van der Waals surface area contributed by atoms with Crippen molar-refractivity contribution < 1.29 is 10.2 Å². The maximum atomic E-state index is 11.8. The van der Waals surface area contributed by atoms with Crippen molar-refractivity contribution in [3.8, 4) is 0 Å². The van der Waals surface area contributed by atoms with E-state index in [0.29, 0.717) is 6.54 Å². The maximum Gasteiger partial charge on any atom is 0.176 e. The molecule has 0 aromatic carbocycles. The number of aliphatic hydroxyl groups is 2. The van der Waals surface area contributed by atoms with Gasteiger partial charge in [0, 0.05) is 65.4 Å². The van der Waals surface area contributed by atoms with Crippen molar-refractivity contribution in [3.63, 3.8) is 0 Å². The lowest BCUT2D eigenvalue weighted by molar-refractivity contribution is -0.265. The Labute approximate surface area is 204 Å². The van der Waals surface area contributed by atoms with Crippen LogP contribution in [0.5, 0.6) is 0 Å². The predicted octanol–water partition coefficient (Wildman–Crippen LogP) is 1.06. The third-order valence-corrected chi connectivity index (χ3v) is 7.42. The molecule has 0 saturated carbocycles. The third-order valence-electron chi connectivity index (χ3n) is 7.42. The molecule has 0 aromatic rings. The smallest absolute Gasteiger partial charge is 0.176 e. The van der Waals surface area contributed by atoms with Crippen LogP contribution in [0, 0.1) is 0 Å². The zero-order chi connectivity index (χ0) is 25.3. The van der Waals surface area contributed by atoms with Crippen LogP contribution in [0.1, 0.15) is 54.4 Å². The van der Waals surface area contributed by atoms with Gasteiger partial charge in [-0.15, -0.1) is 0 Å². The number of aliphatic hydroxyl groups excluding tert-OH is 1. The van der Waals surface area contributed by atoms with E-state index in [0.717, 1.165) is 58.7 Å². The zero-order valence-electron chi connectivity index (χ0n) is 23.3. The van der Waals surface area contributed by atoms with Crippen LogP contribution in [0.2, 0.25) is 0 Å². The second kappa shape index (κ2) is 14.3. The monoisotopic (exact) mass is 473 g/mol. The second-order valence-electron chi connectivity index (χ2n) is 9.81. The molecule has 1 aliphatic rings. The van der Waals surface area contributed by atoms with Crippen LogP contribution in [-0.4, -0.2) is 150 Å². The Balaban J connectivity index is 3.40. The van der Waals surface area contributed by atoms with Crippen molar-refractivity contribution in [2.24, 2.45) is 0 Å². The van der Waals surface area contributed by atoms with Gasteiger partial charge in [-0.05, 0) is 47.8 Å². The number of hydrogen-bond acceptors (Lipinski definition) is 9. The fourth-order valence-electron chi connectivity index (χ4n) is 5.23. The highest BCUT2D eigenvalue weighted by atomic mass is 16.4. The molecule has 0 aliphatic carbocycles. The molecule has 0 spiro atoms. The Bertz CT molecular complexity index is 537. The minimum absolute atomic E-state index is 0.132. The van der Waals surface area contributed by atoms with Crippen molar-refractivity contribution in [1.82, 2.24) is 34.7 Å². The summed E-state index contributed by atoms with van der Waals surface area (Å²) in [6.45, 7) is 19.3. The Kier molecular flexibility index (Phi) is 13.3. The molecule has 0 amide bonds. The van der Waals surface area contributed by atoms with Gasteiger partial charge in [0.1, 0.15) is 6.23 Å². The molecule has 1 fully saturated rings. The lowest BCUT2D eigenvalue weighted by Gasteiger charge is -2.51. The number of hydrogen-bond donors (Lipinski definition) is 2. The van der Waals surface area contributed by atoms with E-state index in [-0.39, 0.29) is 12.1 Å². The SMILES string of the molecule is CCN1CCCN(CC)N(CC)C(C)C(O)N(CC)C(C)(O)N(C)C(CN(C)C)CCN1C. The van der Waals surface area contributed by atoms with Crippen LogP contribution < -0.4 is 0 Å². The molecule has 1 aliphatic heterocycles. The molecule has 33 heavy (non-hydrogen) atoms. The first-order valence-corrected chi connectivity index (χ1v) is 13.0. The molecule has 0 bridgehead atoms. The van der Waals surface area contributed by atoms with Gasteiger partial charge in [-0.25, -0.2) is 24.9 Å². The van der Waals surface area contributed by atoms with E-state index in [9.17, 15) is 10.2 Å². The molecular formula is C24H55N7O2. The highest BCUT2D eigenvalue weighted by Gasteiger charge is 2.42. The van der Waals surface area contributed by atoms with E-state index in [1.807, 2.05) is 30.7 Å². The van der Waals surface area contributed by atoms with Crippen molar-refractivity contribution in [3.05, 3.63) is 0 Å². The minimum Gasteiger partial charge on any atom is -0.377 e. The van der Waals surface area contributed by atoms with Gasteiger partial charge >= 0.3 is 0 Å². The summed E-state index contributed by atoms with van der Waals surface area (Å²) in [6.07, 6.45) is 1.17. The molecule has 9 heteroatoms. The van der Waals surface area contributed by atoms with Gasteiger partial charge in [0.15, 0.2) is 5.85 Å². The van der Waals surface area contributed by atoms with Crippen molar-refractivity contribution in [2.75, 3.05) is 80.5 Å². The number of likely N-dealkylation sites (N-methyl/N-ethyl adjacent to an activating group) is 4. The minimum atomic E-state index is -1.29. The first kappa shape index (κ1) is 30.7. The molecular weight excluding hydrogens is 418 g/mol. The van der Waals surface area contributed by atoms with E-state index >= 15 is 0 Å². The molecule has 4 unspecified atom stereocenters. The molecule has 0 aromatic heterocycles. The highest BCUT2D eigenvalue weighted by molar-refractivity contribution is 4.86. The lowest BCUT2D eigenvalue weighted by Crippen LogP contribution is -2.67. The summed E-state index contributed by atoms with van der Waals surface area (Å²) in [5.74, 6) is -1.29. The van der Waals surface area contributed by atoms with Crippen molar-refractivity contribution in [1.29, 1.82) is 0 Å². The molecule has 2 N–H and O–H groups in total. The van der Waals surface area contributed by atoms with Gasteiger partial charge in [-0.2, -0.15) is 0 Å². The van der Waals surface area contributed by atoms with E-state index in [4.69, 9.17) is 0 Å². The summed E-state index contributed by atoms with van der Waals surface area (Å²) in [7, 11) is 8.31. The summed E-state index contributed by atoms with van der Waals surface area (Å²) < 4.78 is 0. The van der Waals surface area contributed by atoms with Gasteiger partial charge in [0.05, 0.1) is 6.04 Å². The second-order valence-corrected chi connectivity index (χ2v) is 9.81. The van der Waals surface area contributed by atoms with E-state index in [2.05, 4.69) is 73.8 Å². The summed E-state index contributed by atoms with van der Waals surface area (Å²) in [4.78, 5) is 6.05. The van der Waals surface area contributed by atoms with Crippen molar-refractivity contribution >= 4 is 0 Å². The maximum absolute atomic E-state index is 11.8. The van der Waals surface area contributed by atoms with Crippen LogP contribution in [0.15, 0.2) is 0 Å². The molecule has 198 valence electrons. The molecule has 1 heterocycles. The summed E-state index contributed by atoms with van der Waals surface area (Å²) in [5, 5.41) is 32.7. The quantitative estimate of drug-likeness (QED) is 0.590. The third kappa shape index (κ3) is 8.08. The van der Waals surface area contributed by atoms with Crippen LogP contribution in [-0.2, 0) is 0 Å². The van der Waals surface area contributed by atoms with E-state index < -0.39 is 12.1 Å². The number of hydrazine groups is 2. The Hall–Kier alpha value is -0.360. The highest BCUT2D eigenvalue weighted by Crippen LogP contribution is 2.25. The van der Waals surface area contributed by atoms with E-state index in [1.165, 1.54) is 0 Å². The van der Waals surface area contributed by atoms with E-state index in [1.54, 1.807) is 0 Å². The van der Waals surface area contributed by atoms with Crippen LogP contribution in [0.25, 0.3) is 0 Å². The Morgan fingerprint density at radius 1 is 0.909 bits per heavy atom. The topological polar surface area (TPSA) is 63.1 Å². The molecule has 4 atom stereocenters. The van der Waals surface area contributed by atoms with Crippen molar-refractivity contribution in [2.45, 2.75) is 78.5 Å². The molecule has 0 radical (unpaired) electrons. The molecule has 9 nitrogen and oxygen atoms in total. The van der Waals surface area contributed by atoms with Crippen LogP contribution in [0.4, 0.5) is 0 Å².